The summed E-state index contributed by atoms with van der Waals surface area (Å²) in [5.74, 6) is 0.512. The molecular formula is C22H18BrF2N3O. The summed E-state index contributed by atoms with van der Waals surface area (Å²) in [7, 11) is 0. The van der Waals surface area contributed by atoms with E-state index in [1.165, 1.54) is 0 Å². The number of hydrogen-bond acceptors (Lipinski definition) is 4. The minimum atomic E-state index is -2.89. The first kappa shape index (κ1) is 19.5. The molecule has 1 atom stereocenters. The number of alkyl halides is 2. The predicted molar refractivity (Wildman–Crippen MR) is 112 cm³/mol. The van der Waals surface area contributed by atoms with E-state index in [1.807, 2.05) is 48.5 Å². The van der Waals surface area contributed by atoms with Gasteiger partial charge in [-0.15, -0.1) is 0 Å². The van der Waals surface area contributed by atoms with Gasteiger partial charge in [-0.1, -0.05) is 34.1 Å². The van der Waals surface area contributed by atoms with E-state index in [4.69, 9.17) is 15.5 Å². The van der Waals surface area contributed by atoms with Crippen molar-refractivity contribution >= 4 is 21.8 Å². The summed E-state index contributed by atoms with van der Waals surface area (Å²) in [4.78, 5) is 9.28. The molecule has 1 aliphatic rings. The molecule has 0 spiro atoms. The molecule has 1 unspecified atom stereocenters. The second kappa shape index (κ2) is 7.22. The lowest BCUT2D eigenvalue weighted by Crippen LogP contribution is -2.26. The number of ether oxygens (including phenoxy) is 1. The summed E-state index contributed by atoms with van der Waals surface area (Å²) in [6.07, 6.45) is 1.67. The number of nitrogens with two attached hydrogens (primary N) is 1. The zero-order valence-electron chi connectivity index (χ0n) is 15.8. The van der Waals surface area contributed by atoms with Gasteiger partial charge in [-0.3, -0.25) is 4.98 Å². The monoisotopic (exact) mass is 457 g/mol. The van der Waals surface area contributed by atoms with Gasteiger partial charge < -0.3 is 10.5 Å². The van der Waals surface area contributed by atoms with Crippen molar-refractivity contribution < 1.29 is 13.5 Å². The van der Waals surface area contributed by atoms with Crippen molar-refractivity contribution in [2.45, 2.75) is 26.0 Å². The van der Waals surface area contributed by atoms with Crippen LogP contribution in [0, 0.1) is 13.8 Å². The van der Waals surface area contributed by atoms with Gasteiger partial charge >= 0.3 is 6.61 Å². The molecule has 7 heteroatoms. The lowest BCUT2D eigenvalue weighted by Gasteiger charge is -2.30. The highest BCUT2D eigenvalue weighted by Crippen LogP contribution is 2.47. The zero-order chi connectivity index (χ0) is 20.8. The van der Waals surface area contributed by atoms with Crippen molar-refractivity contribution in [2.24, 2.45) is 10.7 Å². The molecule has 0 fully saturated rings. The fraction of sp³-hybridized carbons (Fsp3) is 0.182. The molecule has 2 N–H and O–H groups in total. The third-order valence-electron chi connectivity index (χ3n) is 5.06. The highest BCUT2D eigenvalue weighted by Gasteiger charge is 2.44. The van der Waals surface area contributed by atoms with Crippen molar-refractivity contribution in [1.82, 2.24) is 4.98 Å². The van der Waals surface area contributed by atoms with Crippen LogP contribution in [0.5, 0.6) is 5.75 Å². The quantitative estimate of drug-likeness (QED) is 0.594. The van der Waals surface area contributed by atoms with Gasteiger partial charge in [-0.2, -0.15) is 8.78 Å². The van der Waals surface area contributed by atoms with Crippen molar-refractivity contribution in [1.29, 1.82) is 0 Å². The molecule has 0 aliphatic carbocycles. The number of pyridine rings is 1. The van der Waals surface area contributed by atoms with E-state index in [9.17, 15) is 8.78 Å². The molecule has 29 heavy (non-hydrogen) atoms. The first-order valence-corrected chi connectivity index (χ1v) is 9.76. The van der Waals surface area contributed by atoms with Gasteiger partial charge in [0.1, 0.15) is 22.8 Å². The van der Waals surface area contributed by atoms with E-state index in [-0.39, 0.29) is 5.75 Å². The SMILES string of the molecule is Cc1cc(C2(c3cccc(Br)c3)N=C(N)c3ncccc32)cc(C)c1OC(F)F. The molecule has 0 amide bonds. The molecule has 0 saturated heterocycles. The number of halogens is 3. The molecule has 4 rings (SSSR count). The number of benzene rings is 2. The fourth-order valence-corrected chi connectivity index (χ4v) is 4.35. The summed E-state index contributed by atoms with van der Waals surface area (Å²) >= 11 is 3.53. The number of fused-ring (bicyclic) bond motifs is 1. The lowest BCUT2D eigenvalue weighted by molar-refractivity contribution is -0.0507. The summed E-state index contributed by atoms with van der Waals surface area (Å²) in [5.41, 5.74) is 9.68. The number of aromatic nitrogens is 1. The molecule has 2 aromatic carbocycles. The van der Waals surface area contributed by atoms with E-state index in [0.717, 1.165) is 21.2 Å². The number of amidine groups is 1. The van der Waals surface area contributed by atoms with Gasteiger partial charge in [0.25, 0.3) is 0 Å². The van der Waals surface area contributed by atoms with E-state index < -0.39 is 12.2 Å². The van der Waals surface area contributed by atoms with Crippen LogP contribution in [0.15, 0.2) is 64.2 Å². The first-order chi connectivity index (χ1) is 13.8. The van der Waals surface area contributed by atoms with Crippen LogP contribution in [0.2, 0.25) is 0 Å². The minimum Gasteiger partial charge on any atom is -0.434 e. The molecule has 1 aromatic heterocycles. The zero-order valence-corrected chi connectivity index (χ0v) is 17.4. The Labute approximate surface area is 175 Å². The summed E-state index contributed by atoms with van der Waals surface area (Å²) in [6, 6.07) is 15.2. The van der Waals surface area contributed by atoms with Crippen LogP contribution in [0.25, 0.3) is 0 Å². The molecular weight excluding hydrogens is 440 g/mol. The van der Waals surface area contributed by atoms with E-state index in [1.54, 1.807) is 20.0 Å². The Bertz CT molecular complexity index is 1110. The van der Waals surface area contributed by atoms with Crippen LogP contribution in [-0.2, 0) is 5.54 Å². The Hall–Kier alpha value is -2.80. The van der Waals surface area contributed by atoms with E-state index in [2.05, 4.69) is 20.9 Å². The third-order valence-corrected chi connectivity index (χ3v) is 5.55. The van der Waals surface area contributed by atoms with Gasteiger partial charge in [-0.25, -0.2) is 4.99 Å². The minimum absolute atomic E-state index is 0.175. The second-order valence-electron chi connectivity index (χ2n) is 6.94. The first-order valence-electron chi connectivity index (χ1n) is 8.96. The normalized spacial score (nSPS) is 17.9. The lowest BCUT2D eigenvalue weighted by atomic mass is 9.77. The van der Waals surface area contributed by atoms with Crippen LogP contribution < -0.4 is 10.5 Å². The predicted octanol–water partition coefficient (Wildman–Crippen LogP) is 5.07. The Morgan fingerprint density at radius 1 is 1.03 bits per heavy atom. The van der Waals surface area contributed by atoms with E-state index in [0.29, 0.717) is 22.7 Å². The van der Waals surface area contributed by atoms with Crippen LogP contribution in [0.4, 0.5) is 8.78 Å². The van der Waals surface area contributed by atoms with Gasteiger partial charge in [0, 0.05) is 16.2 Å². The summed E-state index contributed by atoms with van der Waals surface area (Å²) in [6.45, 7) is 0.603. The standard InChI is InChI=1S/C22H18BrF2N3O/c1-12-9-15(10-13(2)19(12)29-21(24)25)22(14-5-3-6-16(23)11-14)17-7-4-8-27-18(17)20(26)28-22/h3-11,21H,1-2H3,(H2,26,28). The van der Waals surface area contributed by atoms with Crippen LogP contribution in [0.1, 0.15) is 33.5 Å². The van der Waals surface area contributed by atoms with Gasteiger partial charge in [0.05, 0.1) is 0 Å². The number of nitrogens with zero attached hydrogens (tertiary/aromatic N) is 2. The second-order valence-corrected chi connectivity index (χ2v) is 7.85. The van der Waals surface area contributed by atoms with Crippen LogP contribution in [-0.4, -0.2) is 17.4 Å². The Kier molecular flexibility index (Phi) is 4.86. The van der Waals surface area contributed by atoms with Crippen LogP contribution >= 0.6 is 15.9 Å². The maximum atomic E-state index is 12.8. The Morgan fingerprint density at radius 3 is 2.41 bits per heavy atom. The van der Waals surface area contributed by atoms with Gasteiger partial charge in [0.2, 0.25) is 0 Å². The molecule has 1 aliphatic heterocycles. The topological polar surface area (TPSA) is 60.5 Å². The number of aryl methyl sites for hydroxylation is 2. The van der Waals surface area contributed by atoms with E-state index >= 15 is 0 Å². The molecule has 148 valence electrons. The summed E-state index contributed by atoms with van der Waals surface area (Å²) < 4.78 is 31.3. The number of aliphatic imine (C=N–C) groups is 1. The van der Waals surface area contributed by atoms with Gasteiger partial charge in [0.15, 0.2) is 0 Å². The summed E-state index contributed by atoms with van der Waals surface area (Å²) in [5, 5.41) is 0. The van der Waals surface area contributed by atoms with Crippen molar-refractivity contribution in [3.8, 4) is 5.75 Å². The Balaban J connectivity index is 2.02. The maximum Gasteiger partial charge on any atom is 0.387 e. The Morgan fingerprint density at radius 2 is 1.76 bits per heavy atom. The average Bonchev–Trinajstić information content (AvgIpc) is 2.98. The molecule has 0 saturated carbocycles. The molecule has 4 nitrogen and oxygen atoms in total. The average molecular weight is 458 g/mol. The highest BCUT2D eigenvalue weighted by atomic mass is 79.9. The van der Waals surface area contributed by atoms with Crippen molar-refractivity contribution in [3.63, 3.8) is 0 Å². The van der Waals surface area contributed by atoms with Crippen LogP contribution in [0.3, 0.4) is 0 Å². The number of rotatable bonds is 4. The molecule has 3 aromatic rings. The van der Waals surface area contributed by atoms with Crippen molar-refractivity contribution in [2.75, 3.05) is 0 Å². The fourth-order valence-electron chi connectivity index (χ4n) is 3.95. The third kappa shape index (κ3) is 3.19. The highest BCUT2D eigenvalue weighted by molar-refractivity contribution is 9.10. The van der Waals surface area contributed by atoms with Gasteiger partial charge in [-0.05, 0) is 66.4 Å². The largest absolute Gasteiger partial charge is 0.434 e. The molecule has 0 radical (unpaired) electrons. The van der Waals surface area contributed by atoms with Crippen molar-refractivity contribution in [3.05, 3.63) is 92.7 Å². The number of hydrogen-bond donors (Lipinski definition) is 1. The maximum absolute atomic E-state index is 12.8. The smallest absolute Gasteiger partial charge is 0.387 e. The molecule has 0 bridgehead atoms. The molecule has 2 heterocycles.